The number of allylic oxidation sites excluding steroid dienone is 1. The van der Waals surface area contributed by atoms with E-state index in [0.29, 0.717) is 11.1 Å². The van der Waals surface area contributed by atoms with Gasteiger partial charge >= 0.3 is 0 Å². The van der Waals surface area contributed by atoms with Crippen LogP contribution in [-0.2, 0) is 0 Å². The summed E-state index contributed by atoms with van der Waals surface area (Å²) in [6, 6.07) is 13.4. The third-order valence-electron chi connectivity index (χ3n) is 3.68. The van der Waals surface area contributed by atoms with Crippen molar-refractivity contribution in [2.24, 2.45) is 0 Å². The van der Waals surface area contributed by atoms with Crippen molar-refractivity contribution in [3.8, 4) is 6.07 Å². The van der Waals surface area contributed by atoms with Crippen LogP contribution in [0, 0.1) is 24.1 Å². The number of nitriles is 1. The van der Waals surface area contributed by atoms with E-state index < -0.39 is 5.82 Å². The van der Waals surface area contributed by atoms with Gasteiger partial charge in [0.1, 0.15) is 17.5 Å². The van der Waals surface area contributed by atoms with Gasteiger partial charge in [0.05, 0.1) is 0 Å². The summed E-state index contributed by atoms with van der Waals surface area (Å²) in [4.78, 5) is 15.7. The van der Waals surface area contributed by atoms with Gasteiger partial charge in [-0.25, -0.2) is 4.39 Å². The molecule has 3 aromatic rings. The first kappa shape index (κ1) is 14.7. The minimum atomic E-state index is -0.411. The van der Waals surface area contributed by atoms with Gasteiger partial charge in [0.2, 0.25) is 5.78 Å². The van der Waals surface area contributed by atoms with Crippen LogP contribution >= 0.6 is 0 Å². The first-order valence-corrected chi connectivity index (χ1v) is 7.09. The standard InChI is InChI=1S/C19H13FN2O/c1-12-4-2-7-17-18(12)16(11-22-17)19(23)14(10-21)8-13-5-3-6-15(20)9-13/h2-9,11,22H,1H3. The molecule has 0 aliphatic rings. The summed E-state index contributed by atoms with van der Waals surface area (Å²) in [5.41, 5.74) is 2.69. The normalized spacial score (nSPS) is 11.4. The highest BCUT2D eigenvalue weighted by Gasteiger charge is 2.17. The smallest absolute Gasteiger partial charge is 0.205 e. The number of ketones is 1. The molecule has 1 aromatic heterocycles. The van der Waals surface area contributed by atoms with Gasteiger partial charge in [-0.15, -0.1) is 0 Å². The molecule has 0 aliphatic heterocycles. The van der Waals surface area contributed by atoms with E-state index in [0.717, 1.165) is 16.5 Å². The van der Waals surface area contributed by atoms with Crippen molar-refractivity contribution in [1.82, 2.24) is 4.98 Å². The number of aryl methyl sites for hydroxylation is 1. The summed E-state index contributed by atoms with van der Waals surface area (Å²) >= 11 is 0. The number of fused-ring (bicyclic) bond motifs is 1. The maximum atomic E-state index is 13.3. The zero-order valence-electron chi connectivity index (χ0n) is 12.4. The van der Waals surface area contributed by atoms with E-state index in [1.807, 2.05) is 31.2 Å². The lowest BCUT2D eigenvalue weighted by molar-refractivity contribution is 0.104. The molecule has 1 heterocycles. The fourth-order valence-electron chi connectivity index (χ4n) is 2.60. The molecule has 4 heteroatoms. The van der Waals surface area contributed by atoms with Crippen molar-refractivity contribution < 1.29 is 9.18 Å². The average molecular weight is 304 g/mol. The third kappa shape index (κ3) is 2.77. The molecular weight excluding hydrogens is 291 g/mol. The topological polar surface area (TPSA) is 56.6 Å². The molecule has 2 aromatic carbocycles. The van der Waals surface area contributed by atoms with Gasteiger partial charge in [0, 0.05) is 22.7 Å². The predicted octanol–water partition coefficient (Wildman–Crippen LogP) is 4.41. The van der Waals surface area contributed by atoms with Gasteiger partial charge in [-0.3, -0.25) is 4.79 Å². The molecule has 1 N–H and O–H groups in total. The van der Waals surface area contributed by atoms with Gasteiger partial charge in [-0.1, -0.05) is 24.3 Å². The SMILES string of the molecule is Cc1cccc2[nH]cc(C(=O)C(C#N)=Cc3cccc(F)c3)c12. The quantitative estimate of drug-likeness (QED) is 0.443. The largest absolute Gasteiger partial charge is 0.360 e. The van der Waals surface area contributed by atoms with E-state index >= 15 is 0 Å². The second-order valence-electron chi connectivity index (χ2n) is 5.25. The van der Waals surface area contributed by atoms with E-state index in [1.54, 1.807) is 12.3 Å². The van der Waals surface area contributed by atoms with Crippen molar-refractivity contribution in [1.29, 1.82) is 5.26 Å². The Morgan fingerprint density at radius 3 is 2.78 bits per heavy atom. The lowest BCUT2D eigenvalue weighted by Crippen LogP contribution is -2.01. The zero-order valence-corrected chi connectivity index (χ0v) is 12.4. The predicted molar refractivity (Wildman–Crippen MR) is 87.4 cm³/mol. The average Bonchev–Trinajstić information content (AvgIpc) is 2.97. The summed E-state index contributed by atoms with van der Waals surface area (Å²) < 4.78 is 13.3. The Balaban J connectivity index is 2.08. The zero-order chi connectivity index (χ0) is 16.4. The maximum absolute atomic E-state index is 13.3. The first-order valence-electron chi connectivity index (χ1n) is 7.09. The van der Waals surface area contributed by atoms with Crippen LogP contribution in [0.2, 0.25) is 0 Å². The number of nitrogens with one attached hydrogen (secondary N) is 1. The molecule has 0 spiro atoms. The minimum absolute atomic E-state index is 0.0280. The monoisotopic (exact) mass is 304 g/mol. The van der Waals surface area contributed by atoms with Crippen LogP contribution in [0.15, 0.2) is 54.2 Å². The molecule has 0 saturated heterocycles. The fourth-order valence-corrected chi connectivity index (χ4v) is 2.60. The van der Waals surface area contributed by atoms with Crippen molar-refractivity contribution >= 4 is 22.8 Å². The lowest BCUT2D eigenvalue weighted by Gasteiger charge is -2.01. The van der Waals surface area contributed by atoms with Gasteiger partial charge in [-0.05, 0) is 42.3 Å². The summed E-state index contributed by atoms with van der Waals surface area (Å²) in [5, 5.41) is 10.1. The van der Waals surface area contributed by atoms with Crippen LogP contribution in [0.25, 0.3) is 17.0 Å². The van der Waals surface area contributed by atoms with Crippen molar-refractivity contribution in [3.05, 3.63) is 76.7 Å². The van der Waals surface area contributed by atoms with E-state index in [4.69, 9.17) is 0 Å². The Bertz CT molecular complexity index is 976. The molecule has 0 aliphatic carbocycles. The van der Waals surface area contributed by atoms with Crippen LogP contribution in [-0.4, -0.2) is 10.8 Å². The van der Waals surface area contributed by atoms with Crippen LogP contribution in [0.3, 0.4) is 0 Å². The molecular formula is C19H13FN2O. The first-order chi connectivity index (χ1) is 11.1. The second kappa shape index (κ2) is 5.90. The lowest BCUT2D eigenvalue weighted by atomic mass is 9.99. The molecule has 112 valence electrons. The van der Waals surface area contributed by atoms with Crippen LogP contribution < -0.4 is 0 Å². The number of rotatable bonds is 3. The number of Topliss-reactive ketones (excluding diaryl/α,β-unsaturated/α-hetero) is 1. The van der Waals surface area contributed by atoms with Gasteiger partial charge < -0.3 is 4.98 Å². The van der Waals surface area contributed by atoms with Crippen LogP contribution in [0.4, 0.5) is 4.39 Å². The number of aromatic nitrogens is 1. The van der Waals surface area contributed by atoms with Crippen molar-refractivity contribution in [2.45, 2.75) is 6.92 Å². The minimum Gasteiger partial charge on any atom is -0.360 e. The molecule has 23 heavy (non-hydrogen) atoms. The number of carbonyl (C=O) groups is 1. The summed E-state index contributed by atoms with van der Waals surface area (Å²) in [5.74, 6) is -0.788. The van der Waals surface area contributed by atoms with Crippen molar-refractivity contribution in [2.75, 3.05) is 0 Å². The fraction of sp³-hybridized carbons (Fsp3) is 0.0526. The molecule has 0 unspecified atom stereocenters. The van der Waals surface area contributed by atoms with Crippen molar-refractivity contribution in [3.63, 3.8) is 0 Å². The Labute approximate surface area is 132 Å². The van der Waals surface area contributed by atoms with Gasteiger partial charge in [-0.2, -0.15) is 5.26 Å². The number of nitrogens with zero attached hydrogens (tertiary/aromatic N) is 1. The number of hydrogen-bond donors (Lipinski definition) is 1. The molecule has 0 fully saturated rings. The van der Waals surface area contributed by atoms with E-state index in [1.165, 1.54) is 24.3 Å². The molecule has 3 nitrogen and oxygen atoms in total. The third-order valence-corrected chi connectivity index (χ3v) is 3.68. The highest BCUT2D eigenvalue weighted by Crippen LogP contribution is 2.25. The van der Waals surface area contributed by atoms with Crippen LogP contribution in [0.1, 0.15) is 21.5 Å². The molecule has 0 atom stereocenters. The Kier molecular flexibility index (Phi) is 3.78. The number of hydrogen-bond acceptors (Lipinski definition) is 2. The summed E-state index contributed by atoms with van der Waals surface area (Å²) in [7, 11) is 0. The summed E-state index contributed by atoms with van der Waals surface area (Å²) in [6.07, 6.45) is 3.01. The molecule has 0 amide bonds. The highest BCUT2D eigenvalue weighted by molar-refractivity contribution is 6.20. The number of H-pyrrole nitrogens is 1. The number of halogens is 1. The Morgan fingerprint density at radius 1 is 1.26 bits per heavy atom. The Hall–Kier alpha value is -3.19. The highest BCUT2D eigenvalue weighted by atomic mass is 19.1. The van der Waals surface area contributed by atoms with Gasteiger partial charge in [0.15, 0.2) is 0 Å². The molecule has 0 radical (unpaired) electrons. The number of benzene rings is 2. The van der Waals surface area contributed by atoms with E-state index in [2.05, 4.69) is 4.98 Å². The van der Waals surface area contributed by atoms with E-state index in [-0.39, 0.29) is 11.4 Å². The number of carbonyl (C=O) groups excluding carboxylic acids is 1. The maximum Gasteiger partial charge on any atom is 0.205 e. The molecule has 3 rings (SSSR count). The molecule has 0 saturated carbocycles. The van der Waals surface area contributed by atoms with Crippen LogP contribution in [0.5, 0.6) is 0 Å². The molecule has 0 bridgehead atoms. The second-order valence-corrected chi connectivity index (χ2v) is 5.25. The van der Waals surface area contributed by atoms with E-state index in [9.17, 15) is 14.4 Å². The van der Waals surface area contributed by atoms with Gasteiger partial charge in [0.25, 0.3) is 0 Å². The Morgan fingerprint density at radius 2 is 2.04 bits per heavy atom. The summed E-state index contributed by atoms with van der Waals surface area (Å²) in [6.45, 7) is 1.91. The number of aromatic amines is 1.